The summed E-state index contributed by atoms with van der Waals surface area (Å²) in [5, 5.41) is 11.0. The number of nitro groups is 1. The summed E-state index contributed by atoms with van der Waals surface area (Å²) in [4.78, 5) is 14.8. The molecule has 0 atom stereocenters. The Kier molecular flexibility index (Phi) is 3.46. The molecular weight excluding hydrogens is 242 g/mol. The zero-order valence-electron chi connectivity index (χ0n) is 11.1. The SMILES string of the molecule is Cc1ccc(/C=C/c2nc(C)n(C)c2[N+](=O)[O-])cc1. The predicted octanol–water partition coefficient (Wildman–Crippen LogP) is 3.12. The molecule has 1 aromatic heterocycles. The van der Waals surface area contributed by atoms with Crippen LogP contribution >= 0.6 is 0 Å². The van der Waals surface area contributed by atoms with Crippen molar-refractivity contribution in [2.45, 2.75) is 13.8 Å². The van der Waals surface area contributed by atoms with E-state index in [0.717, 1.165) is 5.56 Å². The van der Waals surface area contributed by atoms with Crippen LogP contribution in [0.2, 0.25) is 0 Å². The highest BCUT2D eigenvalue weighted by Gasteiger charge is 2.20. The summed E-state index contributed by atoms with van der Waals surface area (Å²) < 4.78 is 1.48. The molecule has 98 valence electrons. The fourth-order valence-corrected chi connectivity index (χ4v) is 1.80. The van der Waals surface area contributed by atoms with Crippen molar-refractivity contribution in [1.29, 1.82) is 0 Å². The third kappa shape index (κ3) is 2.70. The lowest BCUT2D eigenvalue weighted by atomic mass is 10.1. The molecule has 0 amide bonds. The molecule has 0 N–H and O–H groups in total. The van der Waals surface area contributed by atoms with E-state index in [9.17, 15) is 10.1 Å². The maximum Gasteiger partial charge on any atom is 0.350 e. The van der Waals surface area contributed by atoms with Gasteiger partial charge in [0.2, 0.25) is 0 Å². The number of hydrogen-bond donors (Lipinski definition) is 0. The molecule has 0 radical (unpaired) electrons. The molecule has 0 aliphatic carbocycles. The summed E-state index contributed by atoms with van der Waals surface area (Å²) in [6.07, 6.45) is 3.50. The van der Waals surface area contributed by atoms with Crippen LogP contribution in [-0.2, 0) is 7.05 Å². The van der Waals surface area contributed by atoms with Crippen LogP contribution in [0.25, 0.3) is 12.2 Å². The van der Waals surface area contributed by atoms with Gasteiger partial charge in [-0.2, -0.15) is 0 Å². The number of imidazole rings is 1. The quantitative estimate of drug-likeness (QED) is 0.627. The van der Waals surface area contributed by atoms with Gasteiger partial charge >= 0.3 is 5.82 Å². The summed E-state index contributed by atoms with van der Waals surface area (Å²) in [5.74, 6) is 0.635. The monoisotopic (exact) mass is 257 g/mol. The van der Waals surface area contributed by atoms with Gasteiger partial charge in [-0.15, -0.1) is 0 Å². The molecule has 0 bridgehead atoms. The Morgan fingerprint density at radius 3 is 2.42 bits per heavy atom. The highest BCUT2D eigenvalue weighted by Crippen LogP contribution is 2.21. The van der Waals surface area contributed by atoms with E-state index in [0.29, 0.717) is 11.5 Å². The zero-order chi connectivity index (χ0) is 14.0. The molecular formula is C14H15N3O2. The first-order valence-corrected chi connectivity index (χ1v) is 5.91. The minimum Gasteiger partial charge on any atom is -0.358 e. The average molecular weight is 257 g/mol. The van der Waals surface area contributed by atoms with E-state index in [1.54, 1.807) is 20.0 Å². The fraction of sp³-hybridized carbons (Fsp3) is 0.214. The van der Waals surface area contributed by atoms with Gasteiger partial charge < -0.3 is 10.1 Å². The largest absolute Gasteiger partial charge is 0.358 e. The van der Waals surface area contributed by atoms with Crippen molar-refractivity contribution < 1.29 is 4.92 Å². The second-order valence-corrected chi connectivity index (χ2v) is 4.43. The first-order valence-electron chi connectivity index (χ1n) is 5.91. The van der Waals surface area contributed by atoms with Crippen molar-refractivity contribution in [1.82, 2.24) is 9.55 Å². The van der Waals surface area contributed by atoms with Crippen molar-refractivity contribution in [3.63, 3.8) is 0 Å². The topological polar surface area (TPSA) is 61.0 Å². The molecule has 1 aromatic carbocycles. The number of nitrogens with zero attached hydrogens (tertiary/aromatic N) is 3. The molecule has 2 rings (SSSR count). The minimum atomic E-state index is -0.408. The van der Waals surface area contributed by atoms with Crippen molar-refractivity contribution in [3.8, 4) is 0 Å². The van der Waals surface area contributed by atoms with Crippen molar-refractivity contribution in [2.24, 2.45) is 7.05 Å². The minimum absolute atomic E-state index is 0.0147. The lowest BCUT2D eigenvalue weighted by molar-refractivity contribution is -0.392. The number of aryl methyl sites for hydroxylation is 2. The van der Waals surface area contributed by atoms with Gasteiger partial charge in [0.1, 0.15) is 0 Å². The highest BCUT2D eigenvalue weighted by atomic mass is 16.6. The number of hydrogen-bond acceptors (Lipinski definition) is 3. The third-order valence-electron chi connectivity index (χ3n) is 3.00. The van der Waals surface area contributed by atoms with Crippen LogP contribution in [-0.4, -0.2) is 14.5 Å². The van der Waals surface area contributed by atoms with Gasteiger partial charge in [0, 0.05) is 6.92 Å². The van der Waals surface area contributed by atoms with Gasteiger partial charge in [0.15, 0.2) is 11.5 Å². The van der Waals surface area contributed by atoms with Crippen LogP contribution in [0.15, 0.2) is 24.3 Å². The third-order valence-corrected chi connectivity index (χ3v) is 3.00. The van der Waals surface area contributed by atoms with E-state index in [2.05, 4.69) is 4.98 Å². The molecule has 0 saturated heterocycles. The standard InChI is InChI=1S/C14H15N3O2/c1-10-4-6-12(7-5-10)8-9-13-14(17(18)19)16(3)11(2)15-13/h4-9H,1-3H3/b9-8+. The van der Waals surface area contributed by atoms with Crippen LogP contribution in [0.5, 0.6) is 0 Å². The van der Waals surface area contributed by atoms with Crippen LogP contribution < -0.4 is 0 Å². The van der Waals surface area contributed by atoms with Gasteiger partial charge in [-0.1, -0.05) is 35.9 Å². The molecule has 5 heteroatoms. The second kappa shape index (κ2) is 5.06. The van der Waals surface area contributed by atoms with Crippen molar-refractivity contribution in [3.05, 3.63) is 57.0 Å². The molecule has 0 aliphatic rings. The predicted molar refractivity (Wildman–Crippen MR) is 74.7 cm³/mol. The maximum atomic E-state index is 11.0. The normalized spacial score (nSPS) is 11.1. The van der Waals surface area contributed by atoms with E-state index in [1.807, 2.05) is 37.3 Å². The first-order chi connectivity index (χ1) is 8.99. The van der Waals surface area contributed by atoms with Crippen molar-refractivity contribution in [2.75, 3.05) is 0 Å². The molecule has 0 aliphatic heterocycles. The molecule has 0 spiro atoms. The van der Waals surface area contributed by atoms with Gasteiger partial charge in [0.05, 0.1) is 7.05 Å². The maximum absolute atomic E-state index is 11.0. The molecule has 5 nitrogen and oxygen atoms in total. The summed E-state index contributed by atoms with van der Waals surface area (Å²) in [6, 6.07) is 7.93. The van der Waals surface area contributed by atoms with E-state index < -0.39 is 4.92 Å². The summed E-state index contributed by atoms with van der Waals surface area (Å²) in [5.41, 5.74) is 2.55. The van der Waals surface area contributed by atoms with Crippen LogP contribution in [0.3, 0.4) is 0 Å². The van der Waals surface area contributed by atoms with Crippen LogP contribution in [0, 0.1) is 24.0 Å². The molecule has 0 saturated carbocycles. The smallest absolute Gasteiger partial charge is 0.350 e. The van der Waals surface area contributed by atoms with Crippen LogP contribution in [0.1, 0.15) is 22.6 Å². The van der Waals surface area contributed by atoms with Gasteiger partial charge in [-0.3, -0.25) is 0 Å². The second-order valence-electron chi connectivity index (χ2n) is 4.43. The number of rotatable bonds is 3. The van der Waals surface area contributed by atoms with Gasteiger partial charge in [-0.05, 0) is 23.5 Å². The fourth-order valence-electron chi connectivity index (χ4n) is 1.80. The highest BCUT2D eigenvalue weighted by molar-refractivity contribution is 5.71. The van der Waals surface area contributed by atoms with E-state index in [1.165, 1.54) is 10.1 Å². The molecule has 2 aromatic rings. The molecule has 1 heterocycles. The Bertz CT molecular complexity index is 639. The average Bonchev–Trinajstić information content (AvgIpc) is 2.64. The Balaban J connectivity index is 2.36. The lowest BCUT2D eigenvalue weighted by Crippen LogP contribution is -1.99. The molecule has 0 fully saturated rings. The summed E-state index contributed by atoms with van der Waals surface area (Å²) in [6.45, 7) is 3.76. The zero-order valence-corrected chi connectivity index (χ0v) is 11.1. The Morgan fingerprint density at radius 1 is 1.21 bits per heavy atom. The lowest BCUT2D eigenvalue weighted by Gasteiger charge is -1.96. The van der Waals surface area contributed by atoms with Gasteiger partial charge in [0.25, 0.3) is 0 Å². The number of benzene rings is 1. The van der Waals surface area contributed by atoms with Gasteiger partial charge in [-0.25, -0.2) is 9.55 Å². The Hall–Kier alpha value is -2.43. The van der Waals surface area contributed by atoms with E-state index in [-0.39, 0.29) is 5.82 Å². The number of aromatic nitrogens is 2. The summed E-state index contributed by atoms with van der Waals surface area (Å²) >= 11 is 0. The Labute approximate surface area is 111 Å². The molecule has 19 heavy (non-hydrogen) atoms. The Morgan fingerprint density at radius 2 is 1.84 bits per heavy atom. The van der Waals surface area contributed by atoms with E-state index in [4.69, 9.17) is 0 Å². The summed E-state index contributed by atoms with van der Waals surface area (Å²) in [7, 11) is 1.64. The van der Waals surface area contributed by atoms with Crippen LogP contribution in [0.4, 0.5) is 5.82 Å². The van der Waals surface area contributed by atoms with Crippen molar-refractivity contribution >= 4 is 18.0 Å². The molecule has 0 unspecified atom stereocenters. The first kappa shape index (κ1) is 13.0. The van der Waals surface area contributed by atoms with E-state index >= 15 is 0 Å².